The first-order valence-corrected chi connectivity index (χ1v) is 7.75. The van der Waals surface area contributed by atoms with Gasteiger partial charge >= 0.3 is 5.97 Å². The predicted octanol–water partition coefficient (Wildman–Crippen LogP) is 4.57. The van der Waals surface area contributed by atoms with E-state index in [-0.39, 0.29) is 5.97 Å². The monoisotopic (exact) mass is 303 g/mol. The van der Waals surface area contributed by atoms with E-state index in [1.165, 1.54) is 11.3 Å². The van der Waals surface area contributed by atoms with Crippen LogP contribution < -0.4 is 5.73 Å². The van der Waals surface area contributed by atoms with Crippen molar-refractivity contribution in [2.24, 2.45) is 0 Å². The van der Waals surface area contributed by atoms with Gasteiger partial charge in [0, 0.05) is 10.9 Å². The van der Waals surface area contributed by atoms with E-state index in [1.54, 1.807) is 0 Å². The van der Waals surface area contributed by atoms with Crippen molar-refractivity contribution in [1.82, 2.24) is 0 Å². The Morgan fingerprint density at radius 1 is 1.19 bits per heavy atom. The van der Waals surface area contributed by atoms with Crippen LogP contribution in [-0.2, 0) is 4.74 Å². The van der Waals surface area contributed by atoms with Crippen molar-refractivity contribution in [3.8, 4) is 11.1 Å². The molecule has 0 aliphatic rings. The molecule has 0 aliphatic carbocycles. The lowest BCUT2D eigenvalue weighted by Crippen LogP contribution is -2.24. The number of nitrogen functional groups attached to an aromatic ring is 1. The molecule has 112 valence electrons. The first kappa shape index (κ1) is 15.6. The van der Waals surface area contributed by atoms with Crippen molar-refractivity contribution in [2.75, 3.05) is 5.73 Å². The quantitative estimate of drug-likeness (QED) is 0.827. The van der Waals surface area contributed by atoms with Gasteiger partial charge < -0.3 is 10.5 Å². The number of carbonyl (C=O) groups is 1. The number of hydrogen-bond acceptors (Lipinski definition) is 4. The Morgan fingerprint density at radius 2 is 1.86 bits per heavy atom. The highest BCUT2D eigenvalue weighted by Gasteiger charge is 2.25. The SMILES string of the molecule is Cc1ccc(C)c(-c2csc(N)c2C(=O)OC(C)(C)C)c1. The molecule has 21 heavy (non-hydrogen) atoms. The van der Waals surface area contributed by atoms with Gasteiger partial charge in [0.25, 0.3) is 0 Å². The molecule has 0 atom stereocenters. The molecule has 0 saturated heterocycles. The van der Waals surface area contributed by atoms with Gasteiger partial charge in [0.2, 0.25) is 0 Å². The molecule has 1 aromatic heterocycles. The number of nitrogens with two attached hydrogens (primary N) is 1. The van der Waals surface area contributed by atoms with Crippen LogP contribution >= 0.6 is 11.3 Å². The van der Waals surface area contributed by atoms with E-state index < -0.39 is 5.60 Å². The first-order chi connectivity index (χ1) is 9.69. The number of hydrogen-bond donors (Lipinski definition) is 1. The maximum absolute atomic E-state index is 12.4. The number of esters is 1. The van der Waals surface area contributed by atoms with Crippen molar-refractivity contribution in [3.63, 3.8) is 0 Å². The minimum absolute atomic E-state index is 0.364. The summed E-state index contributed by atoms with van der Waals surface area (Å²) in [4.78, 5) is 12.4. The summed E-state index contributed by atoms with van der Waals surface area (Å²) in [5.74, 6) is -0.364. The lowest BCUT2D eigenvalue weighted by molar-refractivity contribution is 0.00722. The Morgan fingerprint density at radius 3 is 2.48 bits per heavy atom. The highest BCUT2D eigenvalue weighted by atomic mass is 32.1. The van der Waals surface area contributed by atoms with Gasteiger partial charge in [0.05, 0.1) is 0 Å². The number of thiophene rings is 1. The molecule has 0 amide bonds. The molecule has 2 N–H and O–H groups in total. The zero-order valence-electron chi connectivity index (χ0n) is 13.1. The summed E-state index contributed by atoms with van der Waals surface area (Å²) in [6.07, 6.45) is 0. The maximum atomic E-state index is 12.4. The van der Waals surface area contributed by atoms with Gasteiger partial charge in [0.15, 0.2) is 0 Å². The smallest absolute Gasteiger partial charge is 0.342 e. The van der Waals surface area contributed by atoms with E-state index in [0.29, 0.717) is 10.6 Å². The average Bonchev–Trinajstić information content (AvgIpc) is 2.72. The molecule has 2 rings (SSSR count). The summed E-state index contributed by atoms with van der Waals surface area (Å²) in [5, 5.41) is 2.43. The molecule has 0 radical (unpaired) electrons. The molecule has 0 unspecified atom stereocenters. The van der Waals surface area contributed by atoms with Crippen LogP contribution in [0.2, 0.25) is 0 Å². The minimum atomic E-state index is -0.537. The van der Waals surface area contributed by atoms with Crippen LogP contribution in [-0.4, -0.2) is 11.6 Å². The Labute approximate surface area is 129 Å². The lowest BCUT2D eigenvalue weighted by atomic mass is 9.97. The number of aryl methyl sites for hydroxylation is 2. The van der Waals surface area contributed by atoms with E-state index in [4.69, 9.17) is 10.5 Å². The fraction of sp³-hybridized carbons (Fsp3) is 0.353. The maximum Gasteiger partial charge on any atom is 0.342 e. The van der Waals surface area contributed by atoms with Gasteiger partial charge in [0.1, 0.15) is 16.2 Å². The van der Waals surface area contributed by atoms with Crippen molar-refractivity contribution < 1.29 is 9.53 Å². The van der Waals surface area contributed by atoms with Gasteiger partial charge in [-0.2, -0.15) is 0 Å². The number of rotatable bonds is 2. The van der Waals surface area contributed by atoms with Crippen LogP contribution in [0.25, 0.3) is 11.1 Å². The molecule has 0 aliphatic heterocycles. The third kappa shape index (κ3) is 3.45. The van der Waals surface area contributed by atoms with E-state index >= 15 is 0 Å². The topological polar surface area (TPSA) is 52.3 Å². The van der Waals surface area contributed by atoms with Crippen LogP contribution in [0.5, 0.6) is 0 Å². The van der Waals surface area contributed by atoms with E-state index in [2.05, 4.69) is 18.2 Å². The summed E-state index contributed by atoms with van der Waals surface area (Å²) in [6, 6.07) is 6.18. The zero-order valence-corrected chi connectivity index (χ0v) is 13.9. The van der Waals surface area contributed by atoms with Crippen molar-refractivity contribution >= 4 is 22.3 Å². The van der Waals surface area contributed by atoms with Crippen LogP contribution in [0.15, 0.2) is 23.6 Å². The molecule has 2 aromatic rings. The molecular weight excluding hydrogens is 282 g/mol. The largest absolute Gasteiger partial charge is 0.456 e. The highest BCUT2D eigenvalue weighted by Crippen LogP contribution is 2.36. The molecule has 0 saturated carbocycles. The normalized spacial score (nSPS) is 11.5. The molecule has 0 fully saturated rings. The van der Waals surface area contributed by atoms with Crippen LogP contribution in [0.1, 0.15) is 42.3 Å². The fourth-order valence-corrected chi connectivity index (χ4v) is 2.94. The second kappa shape index (κ2) is 5.53. The Hall–Kier alpha value is -1.81. The summed E-state index contributed by atoms with van der Waals surface area (Å²) >= 11 is 1.37. The third-order valence-corrected chi connectivity index (χ3v) is 3.92. The Balaban J connectivity index is 2.52. The van der Waals surface area contributed by atoms with Gasteiger partial charge in [-0.3, -0.25) is 0 Å². The number of ether oxygens (including phenoxy) is 1. The number of carbonyl (C=O) groups excluding carboxylic acids is 1. The van der Waals surface area contributed by atoms with Crippen molar-refractivity contribution in [1.29, 1.82) is 0 Å². The van der Waals surface area contributed by atoms with Crippen LogP contribution in [0.4, 0.5) is 5.00 Å². The van der Waals surface area contributed by atoms with Crippen LogP contribution in [0.3, 0.4) is 0 Å². The molecule has 0 spiro atoms. The van der Waals surface area contributed by atoms with E-state index in [1.807, 2.05) is 40.0 Å². The minimum Gasteiger partial charge on any atom is -0.456 e. The molecular formula is C17H21NO2S. The van der Waals surface area contributed by atoms with Gasteiger partial charge in [-0.25, -0.2) is 4.79 Å². The highest BCUT2D eigenvalue weighted by molar-refractivity contribution is 7.15. The number of anilines is 1. The Bertz CT molecular complexity index is 681. The lowest BCUT2D eigenvalue weighted by Gasteiger charge is -2.20. The van der Waals surface area contributed by atoms with Crippen molar-refractivity contribution in [2.45, 2.75) is 40.2 Å². The summed E-state index contributed by atoms with van der Waals surface area (Å²) in [5.41, 5.74) is 10.1. The van der Waals surface area contributed by atoms with Gasteiger partial charge in [-0.1, -0.05) is 23.8 Å². The van der Waals surface area contributed by atoms with Crippen LogP contribution in [0, 0.1) is 13.8 Å². The third-order valence-electron chi connectivity index (χ3n) is 3.11. The second-order valence-corrected chi connectivity index (χ2v) is 7.12. The first-order valence-electron chi connectivity index (χ1n) is 6.87. The summed E-state index contributed by atoms with van der Waals surface area (Å²) < 4.78 is 5.48. The predicted molar refractivity (Wildman–Crippen MR) is 88.8 cm³/mol. The van der Waals surface area contributed by atoms with Crippen molar-refractivity contribution in [3.05, 3.63) is 40.3 Å². The van der Waals surface area contributed by atoms with Gasteiger partial charge in [-0.05, 0) is 45.7 Å². The second-order valence-electron chi connectivity index (χ2n) is 6.21. The van der Waals surface area contributed by atoms with E-state index in [0.717, 1.165) is 22.3 Å². The molecule has 0 bridgehead atoms. The van der Waals surface area contributed by atoms with E-state index in [9.17, 15) is 4.79 Å². The average molecular weight is 303 g/mol. The van der Waals surface area contributed by atoms with Gasteiger partial charge in [-0.15, -0.1) is 11.3 Å². The molecule has 1 heterocycles. The summed E-state index contributed by atoms with van der Waals surface area (Å²) in [7, 11) is 0. The zero-order chi connectivity index (χ0) is 15.8. The Kier molecular flexibility index (Phi) is 4.10. The number of benzene rings is 1. The molecule has 3 nitrogen and oxygen atoms in total. The molecule has 1 aromatic carbocycles. The standard InChI is InChI=1S/C17H21NO2S/c1-10-6-7-11(2)12(8-10)13-9-21-15(18)14(13)16(19)20-17(3,4)5/h6-9H,18H2,1-5H3. The molecule has 4 heteroatoms. The summed E-state index contributed by atoms with van der Waals surface area (Å²) in [6.45, 7) is 9.62. The fourth-order valence-electron chi connectivity index (χ4n) is 2.14.